The Kier molecular flexibility index (Phi) is 6.42. The lowest BCUT2D eigenvalue weighted by Crippen LogP contribution is -2.07. The van der Waals surface area contributed by atoms with E-state index in [1.807, 2.05) is 0 Å². The van der Waals surface area contributed by atoms with Crippen LogP contribution in [0.2, 0.25) is 0 Å². The zero-order chi connectivity index (χ0) is 11.9. The monoisotopic (exact) mass is 251 g/mol. The van der Waals surface area contributed by atoms with Gasteiger partial charge in [-0.05, 0) is 11.4 Å². The molecule has 0 fully saturated rings. The smallest absolute Gasteiger partial charge is 0.220 e. The first-order valence-electron chi connectivity index (χ1n) is 3.22. The molecular formula is C4H5F3NO6P. The van der Waals surface area contributed by atoms with Crippen LogP contribution in [0.25, 0.3) is 0 Å². The molecule has 0 aliphatic heterocycles. The van der Waals surface area contributed by atoms with Crippen LogP contribution >= 0.6 is 7.82 Å². The third-order valence-electron chi connectivity index (χ3n) is 0.752. The molecule has 0 aromatic rings. The van der Waals surface area contributed by atoms with Crippen molar-refractivity contribution in [3.63, 3.8) is 0 Å². The second-order valence-corrected chi connectivity index (χ2v) is 3.22. The molecule has 0 rings (SSSR count). The lowest BCUT2D eigenvalue weighted by atomic mass is 10.5. The van der Waals surface area contributed by atoms with Gasteiger partial charge in [0, 0.05) is 0 Å². The number of alkyl halides is 2. The van der Waals surface area contributed by atoms with Crippen molar-refractivity contribution in [3.05, 3.63) is 0 Å². The third-order valence-corrected chi connectivity index (χ3v) is 1.46. The fraction of sp³-hybridized carbons (Fsp3) is 0.750. The molecule has 0 aliphatic carbocycles. The molecule has 0 N–H and O–H groups in total. The molecule has 0 aliphatic rings. The van der Waals surface area contributed by atoms with Crippen LogP contribution in [0.5, 0.6) is 0 Å². The molecule has 0 heterocycles. The summed E-state index contributed by atoms with van der Waals surface area (Å²) in [6.07, 6.45) is -1.25. The topological polar surface area (TPSA) is 87.0 Å². The molecule has 88 valence electrons. The van der Waals surface area contributed by atoms with E-state index in [0.29, 0.717) is 0 Å². The van der Waals surface area contributed by atoms with Gasteiger partial charge in [0.1, 0.15) is 0 Å². The summed E-state index contributed by atoms with van der Waals surface area (Å²) in [5.41, 5.74) is 0. The average Bonchev–Trinajstić information content (AvgIpc) is 2.23. The van der Waals surface area contributed by atoms with E-state index < -0.39 is 20.5 Å². The Morgan fingerprint density at radius 1 is 1.33 bits per heavy atom. The maximum atomic E-state index is 11.5. The van der Waals surface area contributed by atoms with Crippen LogP contribution in [0.4, 0.5) is 13.3 Å². The highest BCUT2D eigenvalue weighted by atomic mass is 31.2. The SMILES string of the molecule is CC(C#N)OOP(=O)(OF)OOC(F)F. The summed E-state index contributed by atoms with van der Waals surface area (Å²) < 4.78 is 54.6. The van der Waals surface area contributed by atoms with E-state index >= 15 is 0 Å². The maximum Gasteiger partial charge on any atom is 0.560 e. The first kappa shape index (κ1) is 14.3. The highest BCUT2D eigenvalue weighted by Gasteiger charge is 2.34. The van der Waals surface area contributed by atoms with E-state index in [-0.39, 0.29) is 0 Å². The van der Waals surface area contributed by atoms with Crippen molar-refractivity contribution >= 4 is 7.82 Å². The first-order chi connectivity index (χ1) is 6.93. The maximum absolute atomic E-state index is 11.5. The summed E-state index contributed by atoms with van der Waals surface area (Å²) in [5.74, 6) is 0. The Bertz CT molecular complexity index is 270. The predicted molar refractivity (Wildman–Crippen MR) is 35.2 cm³/mol. The van der Waals surface area contributed by atoms with E-state index in [1.54, 1.807) is 0 Å². The second kappa shape index (κ2) is 6.73. The van der Waals surface area contributed by atoms with Crippen molar-refractivity contribution in [2.75, 3.05) is 0 Å². The van der Waals surface area contributed by atoms with Crippen molar-refractivity contribution in [3.8, 4) is 6.07 Å². The van der Waals surface area contributed by atoms with Gasteiger partial charge in [-0.25, -0.2) is 9.45 Å². The average molecular weight is 251 g/mol. The van der Waals surface area contributed by atoms with Crippen molar-refractivity contribution < 1.29 is 41.7 Å². The summed E-state index contributed by atoms with van der Waals surface area (Å²) in [6, 6.07) is 1.44. The summed E-state index contributed by atoms with van der Waals surface area (Å²) in [4.78, 5) is 6.95. The van der Waals surface area contributed by atoms with Crippen LogP contribution in [0, 0.1) is 11.3 Å². The van der Waals surface area contributed by atoms with Gasteiger partial charge >= 0.3 is 14.4 Å². The molecule has 0 saturated heterocycles. The quantitative estimate of drug-likeness (QED) is 0.388. The minimum absolute atomic E-state index is 1.14. The summed E-state index contributed by atoms with van der Waals surface area (Å²) in [5, 5.41) is 8.15. The molecule has 11 heteroatoms. The van der Waals surface area contributed by atoms with E-state index in [9.17, 15) is 17.9 Å². The molecule has 0 saturated carbocycles. The zero-order valence-electron chi connectivity index (χ0n) is 7.13. The van der Waals surface area contributed by atoms with Crippen LogP contribution in [-0.2, 0) is 28.4 Å². The van der Waals surface area contributed by atoms with Gasteiger partial charge in [0.2, 0.25) is 0 Å². The lowest BCUT2D eigenvalue weighted by molar-refractivity contribution is -0.359. The van der Waals surface area contributed by atoms with Gasteiger partial charge in [-0.2, -0.15) is 18.9 Å². The van der Waals surface area contributed by atoms with Crippen molar-refractivity contribution in [2.24, 2.45) is 0 Å². The van der Waals surface area contributed by atoms with Crippen LogP contribution in [-0.4, -0.2) is 12.7 Å². The lowest BCUT2D eigenvalue weighted by Gasteiger charge is -2.10. The van der Waals surface area contributed by atoms with Crippen molar-refractivity contribution in [1.82, 2.24) is 0 Å². The van der Waals surface area contributed by atoms with Gasteiger partial charge < -0.3 is 0 Å². The molecule has 7 nitrogen and oxygen atoms in total. The number of hydrogen-bond donors (Lipinski definition) is 0. The number of nitriles is 1. The molecule has 0 radical (unpaired) electrons. The molecular weight excluding hydrogens is 246 g/mol. The fourth-order valence-electron chi connectivity index (χ4n) is 0.259. The highest BCUT2D eigenvalue weighted by molar-refractivity contribution is 7.48. The third kappa shape index (κ3) is 6.40. The predicted octanol–water partition coefficient (Wildman–Crippen LogP) is 2.03. The van der Waals surface area contributed by atoms with Gasteiger partial charge in [-0.3, -0.25) is 0 Å². The van der Waals surface area contributed by atoms with Gasteiger partial charge in [-0.15, -0.1) is 9.35 Å². The second-order valence-electron chi connectivity index (χ2n) is 1.89. The molecule has 2 atom stereocenters. The van der Waals surface area contributed by atoms with Gasteiger partial charge in [-0.1, -0.05) is 4.73 Å². The van der Waals surface area contributed by atoms with Crippen molar-refractivity contribution in [1.29, 1.82) is 5.26 Å². The molecule has 15 heavy (non-hydrogen) atoms. The Labute approximate surface area is 81.6 Å². The summed E-state index contributed by atoms with van der Waals surface area (Å²) in [6.45, 7) is -2.35. The minimum atomic E-state index is -5.06. The van der Waals surface area contributed by atoms with Crippen molar-refractivity contribution in [2.45, 2.75) is 19.6 Å². The highest BCUT2D eigenvalue weighted by Crippen LogP contribution is 2.50. The van der Waals surface area contributed by atoms with Gasteiger partial charge in [0.05, 0.1) is 6.07 Å². The Hall–Kier alpha value is -0.690. The first-order valence-corrected chi connectivity index (χ1v) is 4.68. The Morgan fingerprint density at radius 3 is 2.27 bits per heavy atom. The zero-order valence-corrected chi connectivity index (χ0v) is 8.03. The number of phosphoric acid groups is 1. The standard InChI is InChI=1S/C4H5F3NO6P/c1-3(2-8)10-13-15(9,12-7)14-11-4(5)6/h3-4H,1H3. The molecule has 0 amide bonds. The normalized spacial score (nSPS) is 17.1. The molecule has 0 spiro atoms. The van der Waals surface area contributed by atoms with Gasteiger partial charge in [0.25, 0.3) is 0 Å². The number of halogens is 3. The number of nitrogens with zero attached hydrogens (tertiary/aromatic N) is 1. The van der Waals surface area contributed by atoms with Crippen LogP contribution in [0.15, 0.2) is 0 Å². The van der Waals surface area contributed by atoms with E-state index in [0.717, 1.165) is 6.92 Å². The summed E-state index contributed by atoms with van der Waals surface area (Å²) >= 11 is 0. The Morgan fingerprint density at radius 2 is 1.87 bits per heavy atom. The molecule has 0 aromatic heterocycles. The van der Waals surface area contributed by atoms with E-state index in [1.165, 1.54) is 6.07 Å². The Balaban J connectivity index is 4.09. The minimum Gasteiger partial charge on any atom is -0.220 e. The molecule has 2 unspecified atom stereocenters. The summed E-state index contributed by atoms with van der Waals surface area (Å²) in [7, 11) is -5.06. The van der Waals surface area contributed by atoms with Crippen LogP contribution in [0.1, 0.15) is 6.92 Å². The van der Waals surface area contributed by atoms with E-state index in [4.69, 9.17) is 5.26 Å². The fourth-order valence-corrected chi connectivity index (χ4v) is 0.735. The number of rotatable bonds is 7. The van der Waals surface area contributed by atoms with Crippen LogP contribution in [0.3, 0.4) is 0 Å². The van der Waals surface area contributed by atoms with Gasteiger partial charge in [0.15, 0.2) is 6.10 Å². The number of hydrogen-bond acceptors (Lipinski definition) is 7. The molecule has 0 bridgehead atoms. The molecule has 0 aromatic carbocycles. The van der Waals surface area contributed by atoms with E-state index in [2.05, 4.69) is 23.9 Å². The van der Waals surface area contributed by atoms with Crippen LogP contribution < -0.4 is 0 Å². The largest absolute Gasteiger partial charge is 0.560 e.